The van der Waals surface area contributed by atoms with Crippen LogP contribution in [0.2, 0.25) is 0 Å². The molecule has 2 amide bonds. The molecule has 2 atom stereocenters. The summed E-state index contributed by atoms with van der Waals surface area (Å²) in [4.78, 5) is 28.2. The van der Waals surface area contributed by atoms with Crippen molar-refractivity contribution in [1.29, 1.82) is 0 Å². The molecule has 0 aliphatic carbocycles. The predicted molar refractivity (Wildman–Crippen MR) is 88.5 cm³/mol. The summed E-state index contributed by atoms with van der Waals surface area (Å²) < 4.78 is 0. The van der Waals surface area contributed by atoms with E-state index in [1.807, 2.05) is 23.1 Å². The number of fused-ring (bicyclic) bond motifs is 1. The number of aliphatic hydroxyl groups excluding tert-OH is 1. The van der Waals surface area contributed by atoms with Gasteiger partial charge in [0.05, 0.1) is 6.10 Å². The van der Waals surface area contributed by atoms with Gasteiger partial charge in [-0.05, 0) is 56.4 Å². The van der Waals surface area contributed by atoms with Crippen molar-refractivity contribution in [2.24, 2.45) is 0 Å². The van der Waals surface area contributed by atoms with Crippen LogP contribution in [0.3, 0.4) is 0 Å². The van der Waals surface area contributed by atoms with Gasteiger partial charge in [0.2, 0.25) is 5.91 Å². The lowest BCUT2D eigenvalue weighted by Crippen LogP contribution is -2.37. The Labute approximate surface area is 136 Å². The average molecular weight is 316 g/mol. The van der Waals surface area contributed by atoms with Gasteiger partial charge >= 0.3 is 0 Å². The van der Waals surface area contributed by atoms with Crippen LogP contribution in [0.25, 0.3) is 0 Å². The summed E-state index contributed by atoms with van der Waals surface area (Å²) in [5.41, 5.74) is 2.65. The molecule has 0 radical (unpaired) electrons. The summed E-state index contributed by atoms with van der Waals surface area (Å²) in [6.45, 7) is 2.53. The standard InChI is InChI=1S/C18H24N2O3/c1-12(21)10-15-4-3-9-20(15)18(23)14-5-7-16-13(11-14)6-8-17(22)19(16)2/h5,7,11-12,15,21H,3-4,6,8-10H2,1-2H3. The molecule has 5 nitrogen and oxygen atoms in total. The second kappa shape index (κ2) is 6.32. The molecular weight excluding hydrogens is 292 g/mol. The van der Waals surface area contributed by atoms with E-state index >= 15 is 0 Å². The van der Waals surface area contributed by atoms with Gasteiger partial charge in [-0.15, -0.1) is 0 Å². The van der Waals surface area contributed by atoms with E-state index in [4.69, 9.17) is 0 Å². The van der Waals surface area contributed by atoms with Crippen LogP contribution >= 0.6 is 0 Å². The molecule has 1 N–H and O–H groups in total. The van der Waals surface area contributed by atoms with E-state index in [1.54, 1.807) is 18.9 Å². The fourth-order valence-corrected chi connectivity index (χ4v) is 3.70. The highest BCUT2D eigenvalue weighted by Gasteiger charge is 2.31. The summed E-state index contributed by atoms with van der Waals surface area (Å²) in [7, 11) is 1.78. The van der Waals surface area contributed by atoms with E-state index in [0.717, 1.165) is 30.6 Å². The Morgan fingerprint density at radius 3 is 2.91 bits per heavy atom. The smallest absolute Gasteiger partial charge is 0.254 e. The van der Waals surface area contributed by atoms with Crippen LogP contribution < -0.4 is 4.90 Å². The molecule has 0 saturated carbocycles. The SMILES string of the molecule is CC(O)CC1CCCN1C(=O)c1ccc2c(c1)CCC(=O)N2C. The van der Waals surface area contributed by atoms with Crippen molar-refractivity contribution < 1.29 is 14.7 Å². The summed E-state index contributed by atoms with van der Waals surface area (Å²) in [5, 5.41) is 9.62. The maximum absolute atomic E-state index is 12.8. The van der Waals surface area contributed by atoms with Gasteiger partial charge in [0.1, 0.15) is 0 Å². The van der Waals surface area contributed by atoms with Gasteiger partial charge in [0.15, 0.2) is 0 Å². The third-order valence-electron chi connectivity index (χ3n) is 4.92. The molecule has 0 bridgehead atoms. The third kappa shape index (κ3) is 3.11. The number of nitrogens with zero attached hydrogens (tertiary/aromatic N) is 2. The Hall–Kier alpha value is -1.88. The van der Waals surface area contributed by atoms with E-state index < -0.39 is 6.10 Å². The maximum atomic E-state index is 12.8. The van der Waals surface area contributed by atoms with Crippen molar-refractivity contribution in [2.45, 2.75) is 51.2 Å². The number of benzene rings is 1. The first-order chi connectivity index (χ1) is 11.0. The van der Waals surface area contributed by atoms with E-state index in [1.165, 1.54) is 0 Å². The first-order valence-electron chi connectivity index (χ1n) is 8.36. The molecule has 2 unspecified atom stereocenters. The lowest BCUT2D eigenvalue weighted by Gasteiger charge is -2.28. The number of anilines is 1. The minimum Gasteiger partial charge on any atom is -0.393 e. The Balaban J connectivity index is 1.82. The number of hydrogen-bond acceptors (Lipinski definition) is 3. The largest absolute Gasteiger partial charge is 0.393 e. The molecule has 23 heavy (non-hydrogen) atoms. The fourth-order valence-electron chi connectivity index (χ4n) is 3.70. The minimum absolute atomic E-state index is 0.0375. The summed E-state index contributed by atoms with van der Waals surface area (Å²) >= 11 is 0. The van der Waals surface area contributed by atoms with Crippen molar-refractivity contribution in [3.8, 4) is 0 Å². The Morgan fingerprint density at radius 1 is 1.39 bits per heavy atom. The molecule has 1 aromatic rings. The minimum atomic E-state index is -0.392. The van der Waals surface area contributed by atoms with Crippen LogP contribution in [0.5, 0.6) is 0 Å². The van der Waals surface area contributed by atoms with Crippen molar-refractivity contribution in [3.63, 3.8) is 0 Å². The number of hydrogen-bond donors (Lipinski definition) is 1. The highest BCUT2D eigenvalue weighted by atomic mass is 16.3. The van der Waals surface area contributed by atoms with Crippen LogP contribution in [-0.2, 0) is 11.2 Å². The lowest BCUT2D eigenvalue weighted by atomic mass is 9.98. The Bertz CT molecular complexity index is 627. The fraction of sp³-hybridized carbons (Fsp3) is 0.556. The average Bonchev–Trinajstić information content (AvgIpc) is 2.97. The normalized spacial score (nSPS) is 22.2. The Morgan fingerprint density at radius 2 is 2.17 bits per heavy atom. The number of carbonyl (C=O) groups excluding carboxylic acids is 2. The number of aliphatic hydroxyl groups is 1. The summed E-state index contributed by atoms with van der Waals surface area (Å²) in [6.07, 6.45) is 3.38. The zero-order chi connectivity index (χ0) is 16.6. The molecule has 2 heterocycles. The van der Waals surface area contributed by atoms with Crippen molar-refractivity contribution in [3.05, 3.63) is 29.3 Å². The molecule has 0 spiro atoms. The number of amides is 2. The zero-order valence-electron chi connectivity index (χ0n) is 13.8. The topological polar surface area (TPSA) is 60.9 Å². The van der Waals surface area contributed by atoms with E-state index in [-0.39, 0.29) is 17.9 Å². The first-order valence-corrected chi connectivity index (χ1v) is 8.36. The Kier molecular flexibility index (Phi) is 4.39. The monoisotopic (exact) mass is 316 g/mol. The van der Waals surface area contributed by atoms with Gasteiger partial charge < -0.3 is 14.9 Å². The van der Waals surface area contributed by atoms with Gasteiger partial charge in [-0.25, -0.2) is 0 Å². The van der Waals surface area contributed by atoms with Gasteiger partial charge in [-0.1, -0.05) is 0 Å². The van der Waals surface area contributed by atoms with Gasteiger partial charge in [-0.2, -0.15) is 0 Å². The molecule has 1 fully saturated rings. The van der Waals surface area contributed by atoms with Crippen molar-refractivity contribution in [2.75, 3.05) is 18.5 Å². The summed E-state index contributed by atoms with van der Waals surface area (Å²) in [6, 6.07) is 5.74. The van der Waals surface area contributed by atoms with Crippen molar-refractivity contribution >= 4 is 17.5 Å². The number of rotatable bonds is 3. The number of aryl methyl sites for hydroxylation is 1. The molecule has 1 aromatic carbocycles. The molecule has 124 valence electrons. The molecule has 5 heteroatoms. The quantitative estimate of drug-likeness (QED) is 0.927. The van der Waals surface area contributed by atoms with Crippen LogP contribution in [0.1, 0.15) is 48.5 Å². The van der Waals surface area contributed by atoms with Crippen LogP contribution in [-0.4, -0.2) is 47.6 Å². The highest BCUT2D eigenvalue weighted by Crippen LogP contribution is 2.29. The van der Waals surface area contributed by atoms with Crippen LogP contribution in [0, 0.1) is 0 Å². The van der Waals surface area contributed by atoms with Gasteiger partial charge in [-0.3, -0.25) is 9.59 Å². The number of carbonyl (C=O) groups is 2. The molecule has 2 aliphatic rings. The molecule has 3 rings (SSSR count). The zero-order valence-corrected chi connectivity index (χ0v) is 13.8. The second-order valence-corrected chi connectivity index (χ2v) is 6.68. The molecule has 2 aliphatic heterocycles. The molecule has 1 saturated heterocycles. The van der Waals surface area contributed by atoms with Crippen LogP contribution in [0.15, 0.2) is 18.2 Å². The van der Waals surface area contributed by atoms with Crippen LogP contribution in [0.4, 0.5) is 5.69 Å². The van der Waals surface area contributed by atoms with E-state index in [2.05, 4.69) is 0 Å². The highest BCUT2D eigenvalue weighted by molar-refractivity contribution is 5.99. The molecular formula is C18H24N2O3. The number of likely N-dealkylation sites (tertiary alicyclic amines) is 1. The molecule has 0 aromatic heterocycles. The second-order valence-electron chi connectivity index (χ2n) is 6.68. The van der Waals surface area contributed by atoms with Crippen molar-refractivity contribution in [1.82, 2.24) is 4.90 Å². The lowest BCUT2D eigenvalue weighted by molar-refractivity contribution is -0.118. The van der Waals surface area contributed by atoms with Gasteiger partial charge in [0, 0.05) is 37.3 Å². The van der Waals surface area contributed by atoms with E-state index in [9.17, 15) is 14.7 Å². The first kappa shape index (κ1) is 16.0. The summed E-state index contributed by atoms with van der Waals surface area (Å²) in [5.74, 6) is 0.156. The third-order valence-corrected chi connectivity index (χ3v) is 4.92. The predicted octanol–water partition coefficient (Wildman–Crippen LogP) is 1.97. The van der Waals surface area contributed by atoms with E-state index in [0.29, 0.717) is 24.8 Å². The van der Waals surface area contributed by atoms with Gasteiger partial charge in [0.25, 0.3) is 5.91 Å². The maximum Gasteiger partial charge on any atom is 0.254 e.